The van der Waals surface area contributed by atoms with Crippen LogP contribution in [0.2, 0.25) is 0 Å². The van der Waals surface area contributed by atoms with Crippen LogP contribution in [0.1, 0.15) is 43.7 Å². The van der Waals surface area contributed by atoms with Gasteiger partial charge in [0.25, 0.3) is 0 Å². The van der Waals surface area contributed by atoms with E-state index in [0.29, 0.717) is 18.6 Å². The molecule has 0 fully saturated rings. The number of hydrogen-bond acceptors (Lipinski definition) is 2. The van der Waals surface area contributed by atoms with Gasteiger partial charge in [-0.25, -0.2) is 0 Å². The van der Waals surface area contributed by atoms with Gasteiger partial charge in [-0.15, -0.1) is 0 Å². The van der Waals surface area contributed by atoms with E-state index in [0.717, 1.165) is 25.0 Å². The second kappa shape index (κ2) is 7.10. The van der Waals surface area contributed by atoms with Crippen molar-refractivity contribution in [3.8, 4) is 5.75 Å². The molecule has 0 atom stereocenters. The first-order valence-corrected chi connectivity index (χ1v) is 6.33. The quantitative estimate of drug-likeness (QED) is 0.719. The Labute approximate surface area is 104 Å². The average molecular weight is 234 g/mol. The molecule has 0 aliphatic heterocycles. The van der Waals surface area contributed by atoms with E-state index in [-0.39, 0.29) is 0 Å². The number of carbonyl (C=O) groups is 1. The normalized spacial score (nSPS) is 10.3. The van der Waals surface area contributed by atoms with Crippen molar-refractivity contribution in [1.82, 2.24) is 0 Å². The highest BCUT2D eigenvalue weighted by molar-refractivity contribution is 5.78. The lowest BCUT2D eigenvalue weighted by Gasteiger charge is -2.11. The van der Waals surface area contributed by atoms with Gasteiger partial charge in [-0.05, 0) is 43.4 Å². The zero-order chi connectivity index (χ0) is 12.7. The minimum absolute atomic E-state index is 0.375. The second-order valence-electron chi connectivity index (χ2n) is 4.40. The van der Waals surface area contributed by atoms with Gasteiger partial charge < -0.3 is 4.74 Å². The van der Waals surface area contributed by atoms with Crippen LogP contribution < -0.4 is 4.74 Å². The number of ketones is 1. The Balaban J connectivity index is 2.54. The van der Waals surface area contributed by atoms with Crippen molar-refractivity contribution in [2.24, 2.45) is 0 Å². The van der Waals surface area contributed by atoms with Gasteiger partial charge in [0.05, 0.1) is 7.11 Å². The van der Waals surface area contributed by atoms with Crippen molar-refractivity contribution in [2.45, 2.75) is 46.0 Å². The molecular weight excluding hydrogens is 212 g/mol. The minimum atomic E-state index is 0.375. The van der Waals surface area contributed by atoms with Crippen LogP contribution in [0.25, 0.3) is 0 Å². The average Bonchev–Trinajstić information content (AvgIpc) is 2.31. The fourth-order valence-electron chi connectivity index (χ4n) is 2.05. The summed E-state index contributed by atoms with van der Waals surface area (Å²) in [6.45, 7) is 4.13. The summed E-state index contributed by atoms with van der Waals surface area (Å²) >= 11 is 0. The number of benzene rings is 1. The largest absolute Gasteiger partial charge is 0.496 e. The molecule has 0 heterocycles. The molecule has 1 aromatic carbocycles. The van der Waals surface area contributed by atoms with E-state index in [9.17, 15) is 4.79 Å². The maximum atomic E-state index is 11.4. The van der Waals surface area contributed by atoms with Crippen LogP contribution in [0.15, 0.2) is 18.2 Å². The van der Waals surface area contributed by atoms with Crippen LogP contribution in [0.5, 0.6) is 5.75 Å². The lowest BCUT2D eigenvalue weighted by molar-refractivity contribution is -0.119. The lowest BCUT2D eigenvalue weighted by Crippen LogP contribution is -2.00. The topological polar surface area (TPSA) is 26.3 Å². The highest BCUT2D eigenvalue weighted by atomic mass is 16.5. The molecule has 0 spiro atoms. The van der Waals surface area contributed by atoms with Gasteiger partial charge in [0.15, 0.2) is 0 Å². The fraction of sp³-hybridized carbons (Fsp3) is 0.533. The Bertz CT molecular complexity index is 369. The molecule has 2 heteroatoms. The Morgan fingerprint density at radius 1 is 1.29 bits per heavy atom. The number of ether oxygens (including phenoxy) is 1. The highest BCUT2D eigenvalue weighted by Crippen LogP contribution is 2.23. The fourth-order valence-corrected chi connectivity index (χ4v) is 2.05. The third-order valence-corrected chi connectivity index (χ3v) is 3.00. The first-order valence-electron chi connectivity index (χ1n) is 6.33. The van der Waals surface area contributed by atoms with E-state index in [1.807, 2.05) is 19.1 Å². The van der Waals surface area contributed by atoms with Crippen molar-refractivity contribution < 1.29 is 9.53 Å². The van der Waals surface area contributed by atoms with Crippen molar-refractivity contribution in [1.29, 1.82) is 0 Å². The first kappa shape index (κ1) is 13.8. The van der Waals surface area contributed by atoms with E-state index in [1.165, 1.54) is 11.1 Å². The minimum Gasteiger partial charge on any atom is -0.496 e. The van der Waals surface area contributed by atoms with Crippen LogP contribution in [-0.2, 0) is 11.2 Å². The van der Waals surface area contributed by atoms with Gasteiger partial charge in [-0.3, -0.25) is 4.79 Å². The van der Waals surface area contributed by atoms with E-state index >= 15 is 0 Å². The number of rotatable bonds is 7. The first-order chi connectivity index (χ1) is 8.19. The SMILES string of the molecule is CCCC(=O)CCCc1c(C)cccc1OC. The van der Waals surface area contributed by atoms with Crippen LogP contribution in [0.3, 0.4) is 0 Å². The number of Topliss-reactive ketones (excluding diaryl/α,β-unsaturated/α-hetero) is 1. The molecular formula is C15H22O2. The maximum Gasteiger partial charge on any atom is 0.132 e. The molecule has 0 saturated carbocycles. The molecule has 1 rings (SSSR count). The molecule has 0 aliphatic rings. The van der Waals surface area contributed by atoms with Gasteiger partial charge >= 0.3 is 0 Å². The molecule has 0 bridgehead atoms. The number of methoxy groups -OCH3 is 1. The summed E-state index contributed by atoms with van der Waals surface area (Å²) in [7, 11) is 1.69. The van der Waals surface area contributed by atoms with Crippen molar-refractivity contribution in [3.05, 3.63) is 29.3 Å². The van der Waals surface area contributed by atoms with Crippen LogP contribution in [0.4, 0.5) is 0 Å². The Morgan fingerprint density at radius 2 is 2.06 bits per heavy atom. The summed E-state index contributed by atoms with van der Waals surface area (Å²) in [5.74, 6) is 1.31. The van der Waals surface area contributed by atoms with Gasteiger partial charge in [-0.2, -0.15) is 0 Å². The molecule has 0 radical (unpaired) electrons. The molecule has 17 heavy (non-hydrogen) atoms. The van der Waals surface area contributed by atoms with Crippen LogP contribution >= 0.6 is 0 Å². The van der Waals surface area contributed by atoms with E-state index in [4.69, 9.17) is 4.74 Å². The van der Waals surface area contributed by atoms with Crippen LogP contribution in [-0.4, -0.2) is 12.9 Å². The summed E-state index contributed by atoms with van der Waals surface area (Å²) in [4.78, 5) is 11.4. The van der Waals surface area contributed by atoms with Crippen molar-refractivity contribution in [2.75, 3.05) is 7.11 Å². The monoisotopic (exact) mass is 234 g/mol. The molecule has 1 aromatic rings. The molecule has 0 amide bonds. The van der Waals surface area contributed by atoms with E-state index in [1.54, 1.807) is 7.11 Å². The number of hydrogen-bond donors (Lipinski definition) is 0. The van der Waals surface area contributed by atoms with E-state index < -0.39 is 0 Å². The summed E-state index contributed by atoms with van der Waals surface area (Å²) in [6.07, 6.45) is 4.19. The second-order valence-corrected chi connectivity index (χ2v) is 4.40. The Morgan fingerprint density at radius 3 is 2.71 bits per heavy atom. The standard InChI is InChI=1S/C15H22O2/c1-4-7-13(16)9-6-10-14-12(2)8-5-11-15(14)17-3/h5,8,11H,4,6-7,9-10H2,1-3H3. The number of aryl methyl sites for hydroxylation is 1. The molecule has 0 aliphatic carbocycles. The van der Waals surface area contributed by atoms with E-state index in [2.05, 4.69) is 13.0 Å². The van der Waals surface area contributed by atoms with Crippen molar-refractivity contribution in [3.63, 3.8) is 0 Å². The number of carbonyl (C=O) groups excluding carboxylic acids is 1. The van der Waals surface area contributed by atoms with Crippen LogP contribution in [0, 0.1) is 6.92 Å². The molecule has 0 aromatic heterocycles. The van der Waals surface area contributed by atoms with Gasteiger partial charge in [-0.1, -0.05) is 19.1 Å². The molecule has 94 valence electrons. The molecule has 0 unspecified atom stereocenters. The summed E-state index contributed by atoms with van der Waals surface area (Å²) < 4.78 is 5.35. The molecule has 0 saturated heterocycles. The lowest BCUT2D eigenvalue weighted by atomic mass is 10.00. The smallest absolute Gasteiger partial charge is 0.132 e. The predicted octanol–water partition coefficient (Wildman–Crippen LogP) is 3.70. The summed E-state index contributed by atoms with van der Waals surface area (Å²) in [5, 5.41) is 0. The van der Waals surface area contributed by atoms with Gasteiger partial charge in [0.2, 0.25) is 0 Å². The summed E-state index contributed by atoms with van der Waals surface area (Å²) in [6, 6.07) is 6.07. The van der Waals surface area contributed by atoms with Gasteiger partial charge in [0, 0.05) is 12.8 Å². The molecule has 0 N–H and O–H groups in total. The molecule has 2 nitrogen and oxygen atoms in total. The predicted molar refractivity (Wildman–Crippen MR) is 70.6 cm³/mol. The Kier molecular flexibility index (Phi) is 5.75. The Hall–Kier alpha value is -1.31. The van der Waals surface area contributed by atoms with Crippen molar-refractivity contribution >= 4 is 5.78 Å². The van der Waals surface area contributed by atoms with Gasteiger partial charge in [0.1, 0.15) is 11.5 Å². The summed E-state index contributed by atoms with van der Waals surface area (Å²) in [5.41, 5.74) is 2.48. The highest BCUT2D eigenvalue weighted by Gasteiger charge is 2.07. The zero-order valence-corrected chi connectivity index (χ0v) is 11.1. The zero-order valence-electron chi connectivity index (χ0n) is 11.1. The third-order valence-electron chi connectivity index (χ3n) is 3.00. The third kappa shape index (κ3) is 4.22. The maximum absolute atomic E-state index is 11.4.